The lowest BCUT2D eigenvalue weighted by Gasteiger charge is -2.36. The molecule has 0 unspecified atom stereocenters. The van der Waals surface area contributed by atoms with Crippen molar-refractivity contribution in [2.45, 2.75) is 19.1 Å². The topological polar surface area (TPSA) is 31.4 Å². The number of nitrogens with one attached hydrogen (secondary N) is 1. The van der Waals surface area contributed by atoms with E-state index in [1.165, 1.54) is 12.3 Å². The Morgan fingerprint density at radius 1 is 1.29 bits per heavy atom. The number of alkyl halides is 3. The summed E-state index contributed by atoms with van der Waals surface area (Å²) in [6.07, 6.45) is -3.01. The monoisotopic (exact) mass is 302 g/mol. The van der Waals surface area contributed by atoms with Gasteiger partial charge in [-0.1, -0.05) is 0 Å². The molecule has 21 heavy (non-hydrogen) atoms. The molecule has 1 N–H and O–H groups in total. The molecule has 1 atom stereocenters. The Labute approximate surface area is 122 Å². The van der Waals surface area contributed by atoms with Crippen LogP contribution in [-0.4, -0.2) is 60.6 Å². The number of pyridine rings is 1. The van der Waals surface area contributed by atoms with E-state index in [9.17, 15) is 13.2 Å². The van der Waals surface area contributed by atoms with Crippen LogP contribution < -0.4 is 5.32 Å². The normalized spacial score (nSPS) is 19.5. The molecular weight excluding hydrogens is 281 g/mol. The highest BCUT2D eigenvalue weighted by molar-refractivity contribution is 5.45. The maximum Gasteiger partial charge on any atom is 0.419 e. The molecule has 0 aliphatic carbocycles. The molecule has 1 fully saturated rings. The number of nitrogens with zero attached hydrogens (tertiary/aromatic N) is 3. The average molecular weight is 302 g/mol. The molecule has 4 nitrogen and oxygen atoms in total. The molecule has 2 rings (SSSR count). The second-order valence-electron chi connectivity index (χ2n) is 5.47. The maximum atomic E-state index is 12.9. The first kappa shape index (κ1) is 16.0. The predicted octanol–water partition coefficient (Wildman–Crippen LogP) is 2.15. The summed E-state index contributed by atoms with van der Waals surface area (Å²) >= 11 is 0. The fraction of sp³-hybridized carbons (Fsp3) is 0.643. The quantitative estimate of drug-likeness (QED) is 0.923. The van der Waals surface area contributed by atoms with E-state index in [1.807, 2.05) is 6.92 Å². The van der Waals surface area contributed by atoms with Crippen LogP contribution in [0.15, 0.2) is 18.3 Å². The molecule has 2 heterocycles. The summed E-state index contributed by atoms with van der Waals surface area (Å²) in [7, 11) is 2.07. The maximum absolute atomic E-state index is 12.9. The fourth-order valence-electron chi connectivity index (χ4n) is 2.41. The van der Waals surface area contributed by atoms with Gasteiger partial charge in [-0.25, -0.2) is 4.98 Å². The van der Waals surface area contributed by atoms with Crippen LogP contribution in [0.1, 0.15) is 12.5 Å². The minimum absolute atomic E-state index is 0.0917. The highest BCUT2D eigenvalue weighted by Crippen LogP contribution is 2.33. The predicted molar refractivity (Wildman–Crippen MR) is 76.3 cm³/mol. The van der Waals surface area contributed by atoms with Crippen LogP contribution >= 0.6 is 0 Å². The number of piperazine rings is 1. The molecule has 118 valence electrons. The second kappa shape index (κ2) is 6.62. The van der Waals surface area contributed by atoms with Gasteiger partial charge in [0.25, 0.3) is 0 Å². The summed E-state index contributed by atoms with van der Waals surface area (Å²) in [5, 5.41) is 2.84. The summed E-state index contributed by atoms with van der Waals surface area (Å²) in [5.41, 5.74) is -0.712. The van der Waals surface area contributed by atoms with Crippen molar-refractivity contribution in [1.82, 2.24) is 14.8 Å². The van der Waals surface area contributed by atoms with Gasteiger partial charge in [-0.15, -0.1) is 0 Å². The Morgan fingerprint density at radius 2 is 1.95 bits per heavy atom. The van der Waals surface area contributed by atoms with Gasteiger partial charge in [0.15, 0.2) is 0 Å². The zero-order valence-corrected chi connectivity index (χ0v) is 12.3. The number of rotatable bonds is 4. The summed E-state index contributed by atoms with van der Waals surface area (Å²) in [6, 6.07) is 2.52. The minimum Gasteiger partial charge on any atom is -0.368 e. The van der Waals surface area contributed by atoms with Crippen molar-refractivity contribution in [2.24, 2.45) is 0 Å². The van der Waals surface area contributed by atoms with Gasteiger partial charge in [0.05, 0.1) is 5.56 Å². The first-order chi connectivity index (χ1) is 9.88. The van der Waals surface area contributed by atoms with Crippen LogP contribution in [0.25, 0.3) is 0 Å². The van der Waals surface area contributed by atoms with E-state index in [2.05, 4.69) is 27.1 Å². The van der Waals surface area contributed by atoms with E-state index >= 15 is 0 Å². The Balaban J connectivity index is 1.94. The molecule has 0 amide bonds. The van der Waals surface area contributed by atoms with Crippen molar-refractivity contribution in [1.29, 1.82) is 0 Å². The van der Waals surface area contributed by atoms with E-state index in [1.54, 1.807) is 0 Å². The molecule has 0 radical (unpaired) electrons. The van der Waals surface area contributed by atoms with Crippen molar-refractivity contribution in [3.8, 4) is 0 Å². The summed E-state index contributed by atoms with van der Waals surface area (Å²) in [4.78, 5) is 8.34. The molecule has 0 bridgehead atoms. The van der Waals surface area contributed by atoms with Crippen molar-refractivity contribution < 1.29 is 13.2 Å². The van der Waals surface area contributed by atoms with Crippen molar-refractivity contribution in [2.75, 3.05) is 45.1 Å². The van der Waals surface area contributed by atoms with E-state index in [4.69, 9.17) is 0 Å². The molecule has 1 aromatic rings. The Kier molecular flexibility index (Phi) is 5.05. The highest BCUT2D eigenvalue weighted by atomic mass is 19.4. The molecule has 1 aliphatic rings. The third kappa shape index (κ3) is 4.31. The van der Waals surface area contributed by atoms with Gasteiger partial charge in [-0.3, -0.25) is 4.90 Å². The van der Waals surface area contributed by atoms with Crippen molar-refractivity contribution in [3.05, 3.63) is 23.9 Å². The van der Waals surface area contributed by atoms with Crippen LogP contribution in [-0.2, 0) is 6.18 Å². The number of hydrogen-bond acceptors (Lipinski definition) is 4. The SMILES string of the molecule is C[C@H](CNc1ncccc1C(F)(F)F)N1CCN(C)CC1. The van der Waals surface area contributed by atoms with Crippen LogP contribution in [0.3, 0.4) is 0 Å². The van der Waals surface area contributed by atoms with E-state index in [-0.39, 0.29) is 11.9 Å². The number of halogens is 3. The third-order valence-corrected chi connectivity index (χ3v) is 3.84. The molecule has 1 aliphatic heterocycles. The Bertz CT molecular complexity index is 456. The lowest BCUT2D eigenvalue weighted by molar-refractivity contribution is -0.137. The first-order valence-corrected chi connectivity index (χ1v) is 7.06. The van der Waals surface area contributed by atoms with Crippen LogP contribution in [0, 0.1) is 0 Å². The van der Waals surface area contributed by atoms with Crippen LogP contribution in [0.4, 0.5) is 19.0 Å². The van der Waals surface area contributed by atoms with E-state index < -0.39 is 11.7 Å². The Hall–Kier alpha value is -1.34. The second-order valence-corrected chi connectivity index (χ2v) is 5.47. The lowest BCUT2D eigenvalue weighted by Crippen LogP contribution is -2.50. The largest absolute Gasteiger partial charge is 0.419 e. The average Bonchev–Trinajstić information content (AvgIpc) is 2.45. The number of hydrogen-bond donors (Lipinski definition) is 1. The van der Waals surface area contributed by atoms with E-state index in [0.717, 1.165) is 32.2 Å². The van der Waals surface area contributed by atoms with Gasteiger partial charge in [0.1, 0.15) is 5.82 Å². The summed E-state index contributed by atoms with van der Waals surface area (Å²) < 4.78 is 38.6. The smallest absolute Gasteiger partial charge is 0.368 e. The lowest BCUT2D eigenvalue weighted by atomic mass is 10.2. The van der Waals surface area contributed by atoms with Crippen molar-refractivity contribution in [3.63, 3.8) is 0 Å². The van der Waals surface area contributed by atoms with Gasteiger partial charge in [-0.2, -0.15) is 13.2 Å². The van der Waals surface area contributed by atoms with Gasteiger partial charge >= 0.3 is 6.18 Å². The zero-order valence-electron chi connectivity index (χ0n) is 12.3. The standard InChI is InChI=1S/C14H21F3N4/c1-11(21-8-6-20(2)7-9-21)10-19-13-12(14(15,16)17)4-3-5-18-13/h3-5,11H,6-10H2,1-2H3,(H,18,19)/t11-/m1/s1. The Morgan fingerprint density at radius 3 is 2.57 bits per heavy atom. The van der Waals surface area contributed by atoms with E-state index in [0.29, 0.717) is 6.54 Å². The third-order valence-electron chi connectivity index (χ3n) is 3.84. The molecule has 7 heteroatoms. The molecule has 0 aromatic carbocycles. The number of aromatic nitrogens is 1. The summed E-state index contributed by atoms with van der Waals surface area (Å²) in [5.74, 6) is -0.0917. The van der Waals surface area contributed by atoms with Crippen molar-refractivity contribution >= 4 is 5.82 Å². The van der Waals surface area contributed by atoms with Gasteiger partial charge < -0.3 is 10.2 Å². The summed E-state index contributed by atoms with van der Waals surface area (Å²) in [6.45, 7) is 6.32. The fourth-order valence-corrected chi connectivity index (χ4v) is 2.41. The molecule has 0 spiro atoms. The van der Waals surface area contributed by atoms with Gasteiger partial charge in [0, 0.05) is 45.0 Å². The zero-order chi connectivity index (χ0) is 15.5. The number of anilines is 1. The molecule has 0 saturated carbocycles. The first-order valence-electron chi connectivity index (χ1n) is 7.06. The number of likely N-dealkylation sites (N-methyl/N-ethyl adjacent to an activating group) is 1. The molecule has 1 saturated heterocycles. The van der Waals surface area contributed by atoms with Crippen LogP contribution in [0.5, 0.6) is 0 Å². The molecular formula is C14H21F3N4. The van der Waals surface area contributed by atoms with Gasteiger partial charge in [-0.05, 0) is 26.1 Å². The van der Waals surface area contributed by atoms with Crippen LogP contribution in [0.2, 0.25) is 0 Å². The highest BCUT2D eigenvalue weighted by Gasteiger charge is 2.34. The van der Waals surface area contributed by atoms with Gasteiger partial charge in [0.2, 0.25) is 0 Å². The molecule has 1 aromatic heterocycles. The minimum atomic E-state index is -4.38.